The normalized spacial score (nSPS) is 28.1. The van der Waals surface area contributed by atoms with Crippen LogP contribution in [0.5, 0.6) is 0 Å². The average Bonchev–Trinajstić information content (AvgIpc) is 2.88. The molecule has 2 saturated heterocycles. The number of carboxylic acid groups (broad SMARTS) is 1. The molecular formula is C15H26N2O3. The quantitative estimate of drug-likeness (QED) is 0.816. The van der Waals surface area contributed by atoms with E-state index in [4.69, 9.17) is 5.11 Å². The van der Waals surface area contributed by atoms with E-state index >= 15 is 0 Å². The second-order valence-electron chi connectivity index (χ2n) is 6.57. The highest BCUT2D eigenvalue weighted by molar-refractivity contribution is 5.84. The van der Waals surface area contributed by atoms with E-state index in [0.717, 1.165) is 32.4 Å². The Kier molecular flexibility index (Phi) is 4.68. The molecule has 2 heterocycles. The van der Waals surface area contributed by atoms with Crippen molar-refractivity contribution in [1.82, 2.24) is 10.2 Å². The van der Waals surface area contributed by atoms with Gasteiger partial charge in [-0.25, -0.2) is 0 Å². The number of carbonyl (C=O) groups is 2. The number of carboxylic acids is 1. The zero-order chi connectivity index (χ0) is 14.8. The summed E-state index contributed by atoms with van der Waals surface area (Å²) in [5.74, 6) is 0.106. The third-order valence-electron chi connectivity index (χ3n) is 5.08. The summed E-state index contributed by atoms with van der Waals surface area (Å²) in [5.41, 5.74) is -0.250. The number of aliphatic carboxylic acids is 1. The van der Waals surface area contributed by atoms with Crippen molar-refractivity contribution < 1.29 is 14.7 Å². The highest BCUT2D eigenvalue weighted by Crippen LogP contribution is 2.37. The Bertz CT molecular complexity index is 367. The van der Waals surface area contributed by atoms with Crippen LogP contribution in [0.3, 0.4) is 0 Å². The minimum Gasteiger partial charge on any atom is -0.481 e. The zero-order valence-corrected chi connectivity index (χ0v) is 12.5. The summed E-state index contributed by atoms with van der Waals surface area (Å²) in [4.78, 5) is 25.6. The first kappa shape index (κ1) is 15.3. The number of nitrogens with one attached hydrogen (secondary N) is 1. The van der Waals surface area contributed by atoms with Crippen molar-refractivity contribution in [2.75, 3.05) is 26.2 Å². The molecule has 1 atom stereocenters. The van der Waals surface area contributed by atoms with Gasteiger partial charge in [-0.2, -0.15) is 0 Å². The molecule has 0 saturated carbocycles. The van der Waals surface area contributed by atoms with Crippen LogP contribution < -0.4 is 5.32 Å². The molecule has 0 radical (unpaired) electrons. The fraction of sp³-hybridized carbons (Fsp3) is 0.867. The van der Waals surface area contributed by atoms with E-state index in [-0.39, 0.29) is 23.7 Å². The number of hydrogen-bond donors (Lipinski definition) is 2. The van der Waals surface area contributed by atoms with Crippen LogP contribution in [-0.2, 0) is 9.59 Å². The molecule has 20 heavy (non-hydrogen) atoms. The molecule has 5 heteroatoms. The van der Waals surface area contributed by atoms with Gasteiger partial charge in [0, 0.05) is 26.1 Å². The van der Waals surface area contributed by atoms with E-state index < -0.39 is 5.97 Å². The Morgan fingerprint density at radius 3 is 2.45 bits per heavy atom. The van der Waals surface area contributed by atoms with Gasteiger partial charge >= 0.3 is 5.97 Å². The van der Waals surface area contributed by atoms with Crippen LogP contribution >= 0.6 is 0 Å². The lowest BCUT2D eigenvalue weighted by Crippen LogP contribution is -2.50. The summed E-state index contributed by atoms with van der Waals surface area (Å²) in [6.07, 6.45) is 2.79. The van der Waals surface area contributed by atoms with Crippen molar-refractivity contribution >= 4 is 11.9 Å². The number of rotatable bonds is 4. The predicted molar refractivity (Wildman–Crippen MR) is 76.3 cm³/mol. The van der Waals surface area contributed by atoms with Gasteiger partial charge in [-0.1, -0.05) is 13.8 Å². The SMILES string of the molecule is CC(C)C1(C(=O)N2CCC(CC(=O)O)CC2)CCNC1. The standard InChI is InChI=1S/C15H26N2O3/c1-11(2)15(5-6-16-10-15)14(20)17-7-3-12(4-8-17)9-13(18)19/h11-12,16H,3-10H2,1-2H3,(H,18,19). The van der Waals surface area contributed by atoms with Gasteiger partial charge in [0.15, 0.2) is 0 Å². The summed E-state index contributed by atoms with van der Waals surface area (Å²) in [5, 5.41) is 12.2. The Labute approximate surface area is 120 Å². The van der Waals surface area contributed by atoms with E-state index in [9.17, 15) is 9.59 Å². The average molecular weight is 282 g/mol. The summed E-state index contributed by atoms with van der Waals surface area (Å²) in [6.45, 7) is 7.37. The molecule has 2 aliphatic rings. The van der Waals surface area contributed by atoms with E-state index in [1.807, 2.05) is 4.90 Å². The maximum atomic E-state index is 12.9. The molecule has 2 rings (SSSR count). The van der Waals surface area contributed by atoms with E-state index in [2.05, 4.69) is 19.2 Å². The number of hydrogen-bond acceptors (Lipinski definition) is 3. The molecule has 2 aliphatic heterocycles. The number of likely N-dealkylation sites (tertiary alicyclic amines) is 1. The summed E-state index contributed by atoms with van der Waals surface area (Å²) >= 11 is 0. The van der Waals surface area contributed by atoms with Crippen LogP contribution in [0, 0.1) is 17.3 Å². The first-order chi connectivity index (χ1) is 9.45. The van der Waals surface area contributed by atoms with E-state index in [1.165, 1.54) is 0 Å². The smallest absolute Gasteiger partial charge is 0.303 e. The molecule has 0 spiro atoms. The number of piperidine rings is 1. The second-order valence-corrected chi connectivity index (χ2v) is 6.57. The molecule has 0 aromatic heterocycles. The maximum Gasteiger partial charge on any atom is 0.303 e. The Hall–Kier alpha value is -1.10. The fourth-order valence-electron chi connectivity index (χ4n) is 3.54. The molecular weight excluding hydrogens is 256 g/mol. The van der Waals surface area contributed by atoms with Crippen molar-refractivity contribution in [1.29, 1.82) is 0 Å². The number of amides is 1. The third-order valence-corrected chi connectivity index (χ3v) is 5.08. The molecule has 2 N–H and O–H groups in total. The van der Waals surface area contributed by atoms with Crippen LogP contribution in [0.2, 0.25) is 0 Å². The lowest BCUT2D eigenvalue weighted by atomic mass is 9.74. The van der Waals surface area contributed by atoms with Crippen molar-refractivity contribution in [3.8, 4) is 0 Å². The lowest BCUT2D eigenvalue weighted by Gasteiger charge is -2.40. The first-order valence-electron chi connectivity index (χ1n) is 7.67. The summed E-state index contributed by atoms with van der Waals surface area (Å²) in [6, 6.07) is 0. The maximum absolute atomic E-state index is 12.9. The van der Waals surface area contributed by atoms with Crippen LogP contribution in [-0.4, -0.2) is 48.1 Å². The molecule has 0 bridgehead atoms. The van der Waals surface area contributed by atoms with Gasteiger partial charge in [0.05, 0.1) is 5.41 Å². The van der Waals surface area contributed by atoms with Gasteiger partial charge in [0.25, 0.3) is 0 Å². The predicted octanol–water partition coefficient (Wildman–Crippen LogP) is 1.34. The molecule has 0 aliphatic carbocycles. The van der Waals surface area contributed by atoms with Gasteiger partial charge < -0.3 is 15.3 Å². The van der Waals surface area contributed by atoms with Crippen LogP contribution in [0.4, 0.5) is 0 Å². The van der Waals surface area contributed by atoms with Gasteiger partial charge in [-0.15, -0.1) is 0 Å². The fourth-order valence-corrected chi connectivity index (χ4v) is 3.54. The van der Waals surface area contributed by atoms with Crippen LogP contribution in [0.25, 0.3) is 0 Å². The minimum atomic E-state index is -0.728. The largest absolute Gasteiger partial charge is 0.481 e. The lowest BCUT2D eigenvalue weighted by molar-refractivity contribution is -0.145. The highest BCUT2D eigenvalue weighted by atomic mass is 16.4. The Morgan fingerprint density at radius 2 is 2.00 bits per heavy atom. The number of carbonyl (C=O) groups excluding carboxylic acids is 1. The number of nitrogens with zero attached hydrogens (tertiary/aromatic N) is 1. The highest BCUT2D eigenvalue weighted by Gasteiger charge is 2.46. The van der Waals surface area contributed by atoms with E-state index in [1.54, 1.807) is 0 Å². The molecule has 1 unspecified atom stereocenters. The van der Waals surface area contributed by atoms with Gasteiger partial charge in [0.2, 0.25) is 5.91 Å². The minimum absolute atomic E-state index is 0.230. The Balaban J connectivity index is 1.95. The first-order valence-corrected chi connectivity index (χ1v) is 7.67. The zero-order valence-electron chi connectivity index (χ0n) is 12.5. The Morgan fingerprint density at radius 1 is 1.35 bits per heavy atom. The van der Waals surface area contributed by atoms with Crippen molar-refractivity contribution in [3.63, 3.8) is 0 Å². The van der Waals surface area contributed by atoms with Gasteiger partial charge in [0.1, 0.15) is 0 Å². The summed E-state index contributed by atoms with van der Waals surface area (Å²) < 4.78 is 0. The molecule has 1 amide bonds. The molecule has 0 aromatic rings. The van der Waals surface area contributed by atoms with Gasteiger partial charge in [-0.05, 0) is 37.6 Å². The molecule has 5 nitrogen and oxygen atoms in total. The van der Waals surface area contributed by atoms with Crippen LogP contribution in [0.1, 0.15) is 39.5 Å². The second kappa shape index (κ2) is 6.12. The molecule has 0 aromatic carbocycles. The summed E-state index contributed by atoms with van der Waals surface area (Å²) in [7, 11) is 0. The van der Waals surface area contributed by atoms with Crippen molar-refractivity contribution in [3.05, 3.63) is 0 Å². The third kappa shape index (κ3) is 2.97. The van der Waals surface area contributed by atoms with Crippen molar-refractivity contribution in [2.24, 2.45) is 17.3 Å². The van der Waals surface area contributed by atoms with E-state index in [0.29, 0.717) is 19.0 Å². The van der Waals surface area contributed by atoms with Crippen LogP contribution in [0.15, 0.2) is 0 Å². The monoisotopic (exact) mass is 282 g/mol. The van der Waals surface area contributed by atoms with Crippen molar-refractivity contribution in [2.45, 2.75) is 39.5 Å². The van der Waals surface area contributed by atoms with Gasteiger partial charge in [-0.3, -0.25) is 9.59 Å². The topological polar surface area (TPSA) is 69.6 Å². The molecule has 114 valence electrons. The molecule has 2 fully saturated rings.